The van der Waals surface area contributed by atoms with Gasteiger partial charge in [-0.15, -0.1) is 0 Å². The van der Waals surface area contributed by atoms with Crippen LogP contribution in [-0.4, -0.2) is 49.1 Å². The molecule has 7 heteroatoms. The van der Waals surface area contributed by atoms with Crippen molar-refractivity contribution in [3.05, 3.63) is 34.9 Å². The van der Waals surface area contributed by atoms with E-state index in [0.717, 1.165) is 0 Å². The molecular weight excluding hydrogens is 258 g/mol. The van der Waals surface area contributed by atoms with Gasteiger partial charge in [0.2, 0.25) is 0 Å². The van der Waals surface area contributed by atoms with Gasteiger partial charge < -0.3 is 15.3 Å². The van der Waals surface area contributed by atoms with Crippen molar-refractivity contribution in [3.63, 3.8) is 0 Å². The fraction of sp³-hybridized carbons (Fsp3) is 0.333. The summed E-state index contributed by atoms with van der Waals surface area (Å²) < 4.78 is 26.0. The van der Waals surface area contributed by atoms with Gasteiger partial charge in [0.05, 0.1) is 11.1 Å². The molecule has 0 bridgehead atoms. The zero-order valence-corrected chi connectivity index (χ0v) is 10.5. The highest BCUT2D eigenvalue weighted by Gasteiger charge is 2.20. The molecule has 0 spiro atoms. The SMILES string of the molecule is CN(C)CCNC(=O)c1cc(F)c(F)cc1C(=O)O. The molecule has 0 aliphatic rings. The molecule has 0 fully saturated rings. The molecule has 0 saturated heterocycles. The summed E-state index contributed by atoms with van der Waals surface area (Å²) in [7, 11) is 3.60. The van der Waals surface area contributed by atoms with Crippen LogP contribution in [0.2, 0.25) is 0 Å². The first-order chi connectivity index (χ1) is 8.82. The standard InChI is InChI=1S/C12H14F2N2O3/c1-16(2)4-3-15-11(17)7-5-9(13)10(14)6-8(7)12(18)19/h5-6H,3-4H2,1-2H3,(H,15,17)(H,18,19). The van der Waals surface area contributed by atoms with E-state index >= 15 is 0 Å². The number of aromatic carboxylic acids is 1. The van der Waals surface area contributed by atoms with E-state index in [0.29, 0.717) is 18.7 Å². The zero-order valence-electron chi connectivity index (χ0n) is 10.5. The number of nitrogens with one attached hydrogen (secondary N) is 1. The van der Waals surface area contributed by atoms with Crippen LogP contribution in [0.1, 0.15) is 20.7 Å². The maximum Gasteiger partial charge on any atom is 0.336 e. The second-order valence-corrected chi connectivity index (χ2v) is 4.18. The van der Waals surface area contributed by atoms with Gasteiger partial charge >= 0.3 is 5.97 Å². The number of amides is 1. The van der Waals surface area contributed by atoms with Crippen LogP contribution in [-0.2, 0) is 0 Å². The molecule has 5 nitrogen and oxygen atoms in total. The number of carboxylic acids is 1. The van der Waals surface area contributed by atoms with E-state index in [1.54, 1.807) is 14.1 Å². The quantitative estimate of drug-likeness (QED) is 0.837. The fourth-order valence-corrected chi connectivity index (χ4v) is 1.40. The topological polar surface area (TPSA) is 69.6 Å². The molecule has 0 radical (unpaired) electrons. The number of carbonyl (C=O) groups is 2. The van der Waals surface area contributed by atoms with Gasteiger partial charge in [-0.3, -0.25) is 4.79 Å². The Balaban J connectivity index is 2.95. The van der Waals surface area contributed by atoms with Crippen LogP contribution >= 0.6 is 0 Å². The molecule has 0 saturated carbocycles. The zero-order chi connectivity index (χ0) is 14.6. The van der Waals surface area contributed by atoms with Crippen LogP contribution in [0.3, 0.4) is 0 Å². The minimum atomic E-state index is -1.49. The summed E-state index contributed by atoms with van der Waals surface area (Å²) >= 11 is 0. The Labute approximate surface area is 108 Å². The summed E-state index contributed by atoms with van der Waals surface area (Å²) in [6, 6.07) is 1.09. The Bertz CT molecular complexity index is 504. The largest absolute Gasteiger partial charge is 0.478 e. The molecule has 1 aromatic rings. The van der Waals surface area contributed by atoms with Gasteiger partial charge in [-0.25, -0.2) is 13.6 Å². The summed E-state index contributed by atoms with van der Waals surface area (Å²) in [4.78, 5) is 24.4. The second kappa shape index (κ2) is 6.24. The lowest BCUT2D eigenvalue weighted by molar-refractivity contribution is 0.0690. The fourth-order valence-electron chi connectivity index (χ4n) is 1.40. The van der Waals surface area contributed by atoms with Crippen LogP contribution in [0, 0.1) is 11.6 Å². The number of hydrogen-bond donors (Lipinski definition) is 2. The lowest BCUT2D eigenvalue weighted by Gasteiger charge is -2.11. The first-order valence-electron chi connectivity index (χ1n) is 5.48. The smallest absolute Gasteiger partial charge is 0.336 e. The van der Waals surface area contributed by atoms with Gasteiger partial charge in [0.25, 0.3) is 5.91 Å². The van der Waals surface area contributed by atoms with Gasteiger partial charge in [-0.2, -0.15) is 0 Å². The molecule has 0 heterocycles. The van der Waals surface area contributed by atoms with Gasteiger partial charge in [0.1, 0.15) is 0 Å². The monoisotopic (exact) mass is 272 g/mol. The molecule has 1 aromatic carbocycles. The average Bonchev–Trinajstić information content (AvgIpc) is 2.31. The maximum absolute atomic E-state index is 13.1. The number of carbonyl (C=O) groups excluding carboxylic acids is 1. The molecule has 0 aliphatic heterocycles. The van der Waals surface area contributed by atoms with E-state index in [-0.39, 0.29) is 6.54 Å². The third-order valence-corrected chi connectivity index (χ3v) is 2.38. The van der Waals surface area contributed by atoms with Crippen LogP contribution in [0.5, 0.6) is 0 Å². The summed E-state index contributed by atoms with van der Waals surface area (Å²) in [6.07, 6.45) is 0. The Hall–Kier alpha value is -2.02. The van der Waals surface area contributed by atoms with E-state index in [1.165, 1.54) is 0 Å². The number of carboxylic acid groups (broad SMARTS) is 1. The minimum Gasteiger partial charge on any atom is -0.478 e. The lowest BCUT2D eigenvalue weighted by Crippen LogP contribution is -2.32. The normalized spacial score (nSPS) is 10.6. The van der Waals surface area contributed by atoms with E-state index in [1.807, 2.05) is 4.90 Å². The molecule has 19 heavy (non-hydrogen) atoms. The minimum absolute atomic E-state index is 0.268. The molecule has 1 amide bonds. The van der Waals surface area contributed by atoms with Crippen LogP contribution < -0.4 is 5.32 Å². The van der Waals surface area contributed by atoms with E-state index in [9.17, 15) is 18.4 Å². The molecule has 0 aromatic heterocycles. The maximum atomic E-state index is 13.1. The van der Waals surface area contributed by atoms with Crippen LogP contribution in [0.25, 0.3) is 0 Å². The Morgan fingerprint density at radius 3 is 2.21 bits per heavy atom. The number of rotatable bonds is 5. The molecule has 1 rings (SSSR count). The highest BCUT2D eigenvalue weighted by Crippen LogP contribution is 2.15. The summed E-state index contributed by atoms with van der Waals surface area (Å²) in [5.74, 6) is -4.81. The van der Waals surface area contributed by atoms with Crippen molar-refractivity contribution in [2.24, 2.45) is 0 Å². The number of likely N-dealkylation sites (N-methyl/N-ethyl adjacent to an activating group) is 1. The van der Waals surface area contributed by atoms with Gasteiger partial charge in [-0.1, -0.05) is 0 Å². The van der Waals surface area contributed by atoms with E-state index in [4.69, 9.17) is 5.11 Å². The molecule has 0 aliphatic carbocycles. The van der Waals surface area contributed by atoms with Crippen molar-refractivity contribution in [1.82, 2.24) is 10.2 Å². The van der Waals surface area contributed by atoms with Crippen molar-refractivity contribution in [3.8, 4) is 0 Å². The van der Waals surface area contributed by atoms with Gasteiger partial charge in [0, 0.05) is 13.1 Å². The number of hydrogen-bond acceptors (Lipinski definition) is 3. The predicted molar refractivity (Wildman–Crippen MR) is 64.2 cm³/mol. The Kier molecular flexibility index (Phi) is 4.94. The van der Waals surface area contributed by atoms with E-state index < -0.39 is 34.6 Å². The molecule has 0 atom stereocenters. The van der Waals surface area contributed by atoms with Crippen molar-refractivity contribution >= 4 is 11.9 Å². The van der Waals surface area contributed by atoms with E-state index in [2.05, 4.69) is 5.32 Å². The summed E-state index contributed by atoms with van der Waals surface area (Å²) in [6.45, 7) is 0.807. The van der Waals surface area contributed by atoms with Crippen molar-refractivity contribution < 1.29 is 23.5 Å². The number of halogens is 2. The van der Waals surface area contributed by atoms with Crippen LogP contribution in [0.4, 0.5) is 8.78 Å². The highest BCUT2D eigenvalue weighted by atomic mass is 19.2. The summed E-state index contributed by atoms with van der Waals surface area (Å²) in [5.41, 5.74) is -0.966. The third kappa shape index (κ3) is 3.99. The third-order valence-electron chi connectivity index (χ3n) is 2.38. The Morgan fingerprint density at radius 1 is 1.21 bits per heavy atom. The van der Waals surface area contributed by atoms with Crippen LogP contribution in [0.15, 0.2) is 12.1 Å². The van der Waals surface area contributed by atoms with Crippen molar-refractivity contribution in [1.29, 1.82) is 0 Å². The van der Waals surface area contributed by atoms with Crippen molar-refractivity contribution in [2.45, 2.75) is 0 Å². The predicted octanol–water partition coefficient (Wildman–Crippen LogP) is 0.954. The molecular formula is C12H14F2N2O3. The molecule has 104 valence electrons. The average molecular weight is 272 g/mol. The molecule has 2 N–H and O–H groups in total. The summed E-state index contributed by atoms with van der Waals surface area (Å²) in [5, 5.41) is 11.3. The first-order valence-corrected chi connectivity index (χ1v) is 5.48. The van der Waals surface area contributed by atoms with Crippen molar-refractivity contribution in [2.75, 3.05) is 27.2 Å². The number of nitrogens with zero attached hydrogens (tertiary/aromatic N) is 1. The van der Waals surface area contributed by atoms with Gasteiger partial charge in [-0.05, 0) is 26.2 Å². The Morgan fingerprint density at radius 2 is 1.74 bits per heavy atom. The lowest BCUT2D eigenvalue weighted by atomic mass is 10.1. The first kappa shape index (κ1) is 15.0. The van der Waals surface area contributed by atoms with Gasteiger partial charge in [0.15, 0.2) is 11.6 Å². The highest BCUT2D eigenvalue weighted by molar-refractivity contribution is 6.04. The molecule has 0 unspecified atom stereocenters. The number of benzene rings is 1. The second-order valence-electron chi connectivity index (χ2n) is 4.18.